The summed E-state index contributed by atoms with van der Waals surface area (Å²) in [5.41, 5.74) is 2.66. The van der Waals surface area contributed by atoms with Crippen LogP contribution in [0.2, 0.25) is 0 Å². The van der Waals surface area contributed by atoms with E-state index in [1.165, 1.54) is 21.5 Å². The normalized spacial score (nSPS) is 16.5. The fourth-order valence-corrected chi connectivity index (χ4v) is 5.50. The van der Waals surface area contributed by atoms with Crippen LogP contribution in [0.5, 0.6) is 0 Å². The molecule has 38 heavy (non-hydrogen) atoms. The first kappa shape index (κ1) is 22.3. The molecule has 4 heteroatoms. The van der Waals surface area contributed by atoms with E-state index in [0.717, 1.165) is 21.9 Å². The van der Waals surface area contributed by atoms with Crippen LogP contribution in [0, 0.1) is 0 Å². The minimum atomic E-state index is -0.808. The highest BCUT2D eigenvalue weighted by Gasteiger charge is 2.34. The van der Waals surface area contributed by atoms with Crippen LogP contribution in [-0.4, -0.2) is 18.0 Å². The first-order chi connectivity index (χ1) is 18.7. The molecule has 6 aromatic carbocycles. The summed E-state index contributed by atoms with van der Waals surface area (Å²) in [4.78, 5) is 26.2. The van der Waals surface area contributed by atoms with Gasteiger partial charge in [0.1, 0.15) is 0 Å². The molecule has 2 atom stereocenters. The first-order valence-electron chi connectivity index (χ1n) is 12.6. The highest BCUT2D eigenvalue weighted by atomic mass is 16.6. The highest BCUT2D eigenvalue weighted by Crippen LogP contribution is 2.43. The van der Waals surface area contributed by atoms with Crippen molar-refractivity contribution in [2.75, 3.05) is 0 Å². The summed E-state index contributed by atoms with van der Waals surface area (Å²) >= 11 is 0. The zero-order chi connectivity index (χ0) is 25.6. The lowest BCUT2D eigenvalue weighted by Gasteiger charge is -2.30. The Labute approximate surface area is 219 Å². The largest absolute Gasteiger partial charge is 0.450 e. The van der Waals surface area contributed by atoms with Crippen molar-refractivity contribution in [3.05, 3.63) is 138 Å². The Balaban J connectivity index is 1.37. The second-order valence-corrected chi connectivity index (χ2v) is 9.52. The summed E-state index contributed by atoms with van der Waals surface area (Å²) in [7, 11) is 0. The molecule has 0 unspecified atom stereocenters. The summed E-state index contributed by atoms with van der Waals surface area (Å²) < 4.78 is 12.0. The lowest BCUT2D eigenvalue weighted by molar-refractivity contribution is -0.0228. The Kier molecular flexibility index (Phi) is 5.19. The van der Waals surface area contributed by atoms with Gasteiger partial charge >= 0.3 is 11.9 Å². The average molecular weight is 495 g/mol. The Morgan fingerprint density at radius 1 is 0.579 bits per heavy atom. The van der Waals surface area contributed by atoms with E-state index in [9.17, 15) is 9.59 Å². The van der Waals surface area contributed by atoms with Gasteiger partial charge in [0, 0.05) is 5.56 Å². The van der Waals surface area contributed by atoms with E-state index in [1.54, 1.807) is 48.5 Å². The van der Waals surface area contributed by atoms with Crippen LogP contribution in [0.25, 0.3) is 38.4 Å². The number of benzene rings is 6. The summed E-state index contributed by atoms with van der Waals surface area (Å²) in [6, 6.07) is 34.6. The minimum absolute atomic E-state index is 0.439. The summed E-state index contributed by atoms with van der Waals surface area (Å²) in [5.74, 6) is -0.940. The maximum absolute atomic E-state index is 13.2. The maximum Gasteiger partial charge on any atom is 0.338 e. The quantitative estimate of drug-likeness (QED) is 0.186. The number of carbonyl (C=O) groups is 2. The fraction of sp³-hybridized carbons (Fsp3) is 0.0588. The van der Waals surface area contributed by atoms with Crippen LogP contribution in [0.1, 0.15) is 37.9 Å². The smallest absolute Gasteiger partial charge is 0.338 e. The van der Waals surface area contributed by atoms with Crippen LogP contribution >= 0.6 is 0 Å². The lowest BCUT2D eigenvalue weighted by Crippen LogP contribution is -2.30. The van der Waals surface area contributed by atoms with Crippen LogP contribution in [-0.2, 0) is 9.47 Å². The van der Waals surface area contributed by atoms with Crippen LogP contribution in [0.3, 0.4) is 0 Å². The van der Waals surface area contributed by atoms with Crippen LogP contribution in [0.15, 0.2) is 115 Å². The van der Waals surface area contributed by atoms with Crippen molar-refractivity contribution in [2.45, 2.75) is 12.2 Å². The molecule has 7 rings (SSSR count). The van der Waals surface area contributed by atoms with Crippen molar-refractivity contribution in [3.63, 3.8) is 0 Å². The van der Waals surface area contributed by atoms with Gasteiger partial charge in [-0.25, -0.2) is 9.59 Å². The van der Waals surface area contributed by atoms with Gasteiger partial charge in [-0.3, -0.25) is 0 Å². The van der Waals surface area contributed by atoms with Crippen molar-refractivity contribution in [1.82, 2.24) is 0 Å². The molecule has 0 N–H and O–H groups in total. The van der Waals surface area contributed by atoms with Gasteiger partial charge in [0.2, 0.25) is 0 Å². The Bertz CT molecular complexity index is 1840. The summed E-state index contributed by atoms with van der Waals surface area (Å²) in [6.45, 7) is 0. The predicted octanol–water partition coefficient (Wildman–Crippen LogP) is 7.73. The molecule has 1 aliphatic carbocycles. The molecule has 0 spiro atoms. The van der Waals surface area contributed by atoms with Gasteiger partial charge < -0.3 is 9.47 Å². The number of ether oxygens (including phenoxy) is 2. The number of fused-ring (bicyclic) bond motifs is 2. The van der Waals surface area contributed by atoms with Gasteiger partial charge in [-0.1, -0.05) is 84.9 Å². The lowest BCUT2D eigenvalue weighted by atomic mass is 9.84. The van der Waals surface area contributed by atoms with Crippen molar-refractivity contribution in [3.8, 4) is 0 Å². The van der Waals surface area contributed by atoms with Gasteiger partial charge in [-0.2, -0.15) is 0 Å². The number of rotatable bonds is 4. The van der Waals surface area contributed by atoms with E-state index in [0.29, 0.717) is 11.1 Å². The maximum atomic E-state index is 13.2. The average Bonchev–Trinajstić information content (AvgIpc) is 2.97. The van der Waals surface area contributed by atoms with Gasteiger partial charge in [0.05, 0.1) is 11.1 Å². The van der Waals surface area contributed by atoms with E-state index >= 15 is 0 Å². The highest BCUT2D eigenvalue weighted by molar-refractivity contribution is 6.24. The summed E-state index contributed by atoms with van der Waals surface area (Å²) in [5, 5.41) is 6.88. The monoisotopic (exact) mass is 494 g/mol. The van der Waals surface area contributed by atoms with Crippen molar-refractivity contribution >= 4 is 50.3 Å². The molecule has 0 aliphatic heterocycles. The zero-order valence-electron chi connectivity index (χ0n) is 20.3. The Morgan fingerprint density at radius 2 is 1.18 bits per heavy atom. The number of carbonyl (C=O) groups excluding carboxylic acids is 2. The molecule has 0 heterocycles. The molecule has 182 valence electrons. The first-order valence-corrected chi connectivity index (χ1v) is 12.6. The standard InChI is InChI=1S/C34H22O4/c35-33(23-8-3-1-4-9-23)37-29-19-18-26-27-17-16-22-13-7-12-21-14-15-25(31(27)30(21)22)20-28(26)32(29)38-34(36)24-10-5-2-6-11-24/h1-20,29,32H/t29-,32-/m0/s1. The van der Waals surface area contributed by atoms with Crippen molar-refractivity contribution in [1.29, 1.82) is 0 Å². The van der Waals surface area contributed by atoms with E-state index in [1.807, 2.05) is 24.3 Å². The summed E-state index contributed by atoms with van der Waals surface area (Å²) in [6.07, 6.45) is 2.22. The zero-order valence-corrected chi connectivity index (χ0v) is 20.3. The molecule has 0 amide bonds. The van der Waals surface area contributed by atoms with E-state index < -0.39 is 24.1 Å². The van der Waals surface area contributed by atoms with E-state index in [4.69, 9.17) is 9.47 Å². The SMILES string of the molecule is O=C(O[C@H]1C=Cc2c(cc3ccc4cccc5ccc2c3c45)[C@@H]1OC(=O)c1ccccc1)c1ccccc1. The predicted molar refractivity (Wildman–Crippen MR) is 149 cm³/mol. The molecular weight excluding hydrogens is 472 g/mol. The van der Waals surface area contributed by atoms with Crippen molar-refractivity contribution in [2.24, 2.45) is 0 Å². The molecule has 1 aliphatic rings. The molecule has 0 saturated heterocycles. The van der Waals surface area contributed by atoms with Gasteiger partial charge in [-0.05, 0) is 74.3 Å². The molecule has 0 fully saturated rings. The topological polar surface area (TPSA) is 52.6 Å². The number of esters is 2. The van der Waals surface area contributed by atoms with Crippen LogP contribution in [0.4, 0.5) is 0 Å². The fourth-order valence-electron chi connectivity index (χ4n) is 5.50. The van der Waals surface area contributed by atoms with Crippen LogP contribution < -0.4 is 0 Å². The molecule has 0 radical (unpaired) electrons. The van der Waals surface area contributed by atoms with E-state index in [-0.39, 0.29) is 0 Å². The number of hydrogen-bond donors (Lipinski definition) is 0. The molecule has 4 nitrogen and oxygen atoms in total. The van der Waals surface area contributed by atoms with Gasteiger partial charge in [0.25, 0.3) is 0 Å². The Hall–Kier alpha value is -4.96. The molecule has 6 aromatic rings. The minimum Gasteiger partial charge on any atom is -0.450 e. The van der Waals surface area contributed by atoms with Gasteiger partial charge in [0.15, 0.2) is 12.2 Å². The third-order valence-corrected chi connectivity index (χ3v) is 7.27. The third-order valence-electron chi connectivity index (χ3n) is 7.27. The molecule has 0 aromatic heterocycles. The van der Waals surface area contributed by atoms with E-state index in [2.05, 4.69) is 48.5 Å². The van der Waals surface area contributed by atoms with Crippen molar-refractivity contribution < 1.29 is 19.1 Å². The Morgan fingerprint density at radius 3 is 1.87 bits per heavy atom. The molecule has 0 saturated carbocycles. The van der Waals surface area contributed by atoms with Gasteiger partial charge in [-0.15, -0.1) is 0 Å². The molecule has 0 bridgehead atoms. The second kappa shape index (κ2) is 8.86. The third kappa shape index (κ3) is 3.61. The second-order valence-electron chi connectivity index (χ2n) is 9.52. The number of hydrogen-bond acceptors (Lipinski definition) is 4. The molecular formula is C34H22O4.